The van der Waals surface area contributed by atoms with Gasteiger partial charge in [-0.2, -0.15) is 0 Å². The highest BCUT2D eigenvalue weighted by atomic mass is 35.5. The van der Waals surface area contributed by atoms with Gasteiger partial charge in [0.2, 0.25) is 5.91 Å². The second kappa shape index (κ2) is 5.84. The highest BCUT2D eigenvalue weighted by Gasteiger charge is 2.26. The largest absolute Gasteiger partial charge is 0.325 e. The van der Waals surface area contributed by atoms with E-state index in [0.717, 1.165) is 29.1 Å². The molecule has 1 unspecified atom stereocenters. The van der Waals surface area contributed by atoms with Gasteiger partial charge in [0.1, 0.15) is 0 Å². The number of benzene rings is 1. The van der Waals surface area contributed by atoms with E-state index in [1.165, 1.54) is 0 Å². The van der Waals surface area contributed by atoms with Crippen molar-refractivity contribution in [3.8, 4) is 0 Å². The van der Waals surface area contributed by atoms with Gasteiger partial charge >= 0.3 is 0 Å². The van der Waals surface area contributed by atoms with E-state index in [4.69, 9.17) is 11.6 Å². The second-order valence-corrected chi connectivity index (χ2v) is 5.64. The van der Waals surface area contributed by atoms with Gasteiger partial charge in [-0.3, -0.25) is 9.78 Å². The number of fused-ring (bicyclic) bond motifs is 1. The standard InChI is InChI=1S/C16H16ClN3O/c1-10-6-13(4-5-19-10)20-16(21)15-9-18-8-11-7-12(17)2-3-14(11)15/h2-7,15,18H,8-9H2,1H3,(H,19,20,21). The Morgan fingerprint density at radius 2 is 2.24 bits per heavy atom. The number of carbonyl (C=O) groups is 1. The summed E-state index contributed by atoms with van der Waals surface area (Å²) in [6, 6.07) is 9.35. The van der Waals surface area contributed by atoms with Gasteiger partial charge in [0.15, 0.2) is 0 Å². The Labute approximate surface area is 128 Å². The van der Waals surface area contributed by atoms with E-state index >= 15 is 0 Å². The van der Waals surface area contributed by atoms with Crippen LogP contribution in [0.15, 0.2) is 36.5 Å². The van der Waals surface area contributed by atoms with E-state index in [-0.39, 0.29) is 11.8 Å². The van der Waals surface area contributed by atoms with Gasteiger partial charge in [0, 0.05) is 35.7 Å². The third kappa shape index (κ3) is 3.06. The van der Waals surface area contributed by atoms with Crippen LogP contribution in [0, 0.1) is 6.92 Å². The molecule has 108 valence electrons. The number of aromatic nitrogens is 1. The zero-order valence-corrected chi connectivity index (χ0v) is 12.4. The highest BCUT2D eigenvalue weighted by molar-refractivity contribution is 6.30. The zero-order valence-electron chi connectivity index (χ0n) is 11.7. The number of pyridine rings is 1. The van der Waals surface area contributed by atoms with Crippen LogP contribution in [0.2, 0.25) is 5.02 Å². The summed E-state index contributed by atoms with van der Waals surface area (Å²) >= 11 is 6.02. The molecule has 21 heavy (non-hydrogen) atoms. The summed E-state index contributed by atoms with van der Waals surface area (Å²) in [5.41, 5.74) is 3.77. The first-order chi connectivity index (χ1) is 10.1. The van der Waals surface area contributed by atoms with Gasteiger partial charge in [0.05, 0.1) is 5.92 Å². The molecule has 1 amide bonds. The molecule has 0 saturated carbocycles. The number of hydrogen-bond donors (Lipinski definition) is 2. The van der Waals surface area contributed by atoms with Crippen LogP contribution in [0.3, 0.4) is 0 Å². The molecule has 1 aromatic carbocycles. The van der Waals surface area contributed by atoms with Gasteiger partial charge in [-0.05, 0) is 42.3 Å². The summed E-state index contributed by atoms with van der Waals surface area (Å²) in [5, 5.41) is 6.92. The van der Waals surface area contributed by atoms with Gasteiger partial charge in [0.25, 0.3) is 0 Å². The summed E-state index contributed by atoms with van der Waals surface area (Å²) < 4.78 is 0. The molecule has 0 spiro atoms. The van der Waals surface area contributed by atoms with Crippen molar-refractivity contribution >= 4 is 23.2 Å². The van der Waals surface area contributed by atoms with Crippen LogP contribution in [-0.2, 0) is 11.3 Å². The normalized spacial score (nSPS) is 17.1. The average molecular weight is 302 g/mol. The fraction of sp³-hybridized carbons (Fsp3) is 0.250. The Kier molecular flexibility index (Phi) is 3.90. The van der Waals surface area contributed by atoms with E-state index in [2.05, 4.69) is 15.6 Å². The number of nitrogens with one attached hydrogen (secondary N) is 2. The smallest absolute Gasteiger partial charge is 0.233 e. The number of hydrogen-bond acceptors (Lipinski definition) is 3. The predicted octanol–water partition coefficient (Wildman–Crippen LogP) is 2.87. The van der Waals surface area contributed by atoms with E-state index in [1.54, 1.807) is 12.3 Å². The Morgan fingerprint density at radius 3 is 3.05 bits per heavy atom. The molecule has 1 aliphatic heterocycles. The fourth-order valence-corrected chi connectivity index (χ4v) is 2.81. The number of nitrogens with zero attached hydrogens (tertiary/aromatic N) is 1. The molecule has 0 saturated heterocycles. The highest BCUT2D eigenvalue weighted by Crippen LogP contribution is 2.27. The van der Waals surface area contributed by atoms with Crippen molar-refractivity contribution in [3.63, 3.8) is 0 Å². The Hall–Kier alpha value is -1.91. The quantitative estimate of drug-likeness (QED) is 0.897. The van der Waals surface area contributed by atoms with Crippen molar-refractivity contribution in [2.45, 2.75) is 19.4 Å². The maximum atomic E-state index is 12.5. The minimum absolute atomic E-state index is 0.0172. The third-order valence-corrected chi connectivity index (χ3v) is 3.86. The number of aryl methyl sites for hydroxylation is 1. The van der Waals surface area contributed by atoms with Crippen molar-refractivity contribution in [1.29, 1.82) is 0 Å². The molecule has 5 heteroatoms. The Bertz CT molecular complexity index is 687. The molecule has 2 N–H and O–H groups in total. The molecular weight excluding hydrogens is 286 g/mol. The minimum atomic E-state index is -0.209. The van der Waals surface area contributed by atoms with E-state index in [9.17, 15) is 4.79 Å². The molecule has 0 fully saturated rings. The number of carbonyl (C=O) groups excluding carboxylic acids is 1. The van der Waals surface area contributed by atoms with E-state index < -0.39 is 0 Å². The number of rotatable bonds is 2. The summed E-state index contributed by atoms with van der Waals surface area (Å²) in [7, 11) is 0. The summed E-state index contributed by atoms with van der Waals surface area (Å²) in [4.78, 5) is 16.6. The van der Waals surface area contributed by atoms with E-state index in [0.29, 0.717) is 11.6 Å². The van der Waals surface area contributed by atoms with Gasteiger partial charge in [-0.1, -0.05) is 17.7 Å². The van der Waals surface area contributed by atoms with Crippen LogP contribution in [-0.4, -0.2) is 17.4 Å². The predicted molar refractivity (Wildman–Crippen MR) is 83.5 cm³/mol. The van der Waals surface area contributed by atoms with Crippen molar-refractivity contribution in [2.75, 3.05) is 11.9 Å². The van der Waals surface area contributed by atoms with Crippen LogP contribution >= 0.6 is 11.6 Å². The molecule has 1 aromatic heterocycles. The molecule has 0 bridgehead atoms. The lowest BCUT2D eigenvalue weighted by Crippen LogP contribution is -2.35. The van der Waals surface area contributed by atoms with Crippen LogP contribution in [0.5, 0.6) is 0 Å². The lowest BCUT2D eigenvalue weighted by atomic mass is 9.90. The molecule has 4 nitrogen and oxygen atoms in total. The molecule has 1 aliphatic rings. The number of halogens is 1. The Balaban J connectivity index is 1.83. The second-order valence-electron chi connectivity index (χ2n) is 5.20. The fourth-order valence-electron chi connectivity index (χ4n) is 2.62. The molecular formula is C16H16ClN3O. The van der Waals surface area contributed by atoms with Crippen molar-refractivity contribution in [3.05, 3.63) is 58.4 Å². The Morgan fingerprint density at radius 1 is 1.38 bits per heavy atom. The first-order valence-corrected chi connectivity index (χ1v) is 7.24. The van der Waals surface area contributed by atoms with Crippen LogP contribution in [0.25, 0.3) is 0 Å². The number of anilines is 1. The summed E-state index contributed by atoms with van der Waals surface area (Å²) in [6.45, 7) is 3.27. The van der Waals surface area contributed by atoms with Crippen LogP contribution in [0.1, 0.15) is 22.7 Å². The van der Waals surface area contributed by atoms with Crippen molar-refractivity contribution < 1.29 is 4.79 Å². The lowest BCUT2D eigenvalue weighted by molar-refractivity contribution is -0.117. The first kappa shape index (κ1) is 14.0. The summed E-state index contributed by atoms with van der Waals surface area (Å²) in [5.74, 6) is -0.226. The van der Waals surface area contributed by atoms with Gasteiger partial charge in [-0.15, -0.1) is 0 Å². The summed E-state index contributed by atoms with van der Waals surface area (Å²) in [6.07, 6.45) is 1.69. The SMILES string of the molecule is Cc1cc(NC(=O)C2CNCc3cc(Cl)ccc32)ccn1. The van der Waals surface area contributed by atoms with E-state index in [1.807, 2.05) is 31.2 Å². The first-order valence-electron chi connectivity index (χ1n) is 6.86. The van der Waals surface area contributed by atoms with Gasteiger partial charge < -0.3 is 10.6 Å². The minimum Gasteiger partial charge on any atom is -0.325 e. The van der Waals surface area contributed by atoms with Crippen molar-refractivity contribution in [1.82, 2.24) is 10.3 Å². The maximum absolute atomic E-state index is 12.5. The molecule has 1 atom stereocenters. The van der Waals surface area contributed by atoms with Crippen LogP contribution in [0.4, 0.5) is 5.69 Å². The topological polar surface area (TPSA) is 54.0 Å². The maximum Gasteiger partial charge on any atom is 0.233 e. The molecule has 2 aromatic rings. The average Bonchev–Trinajstić information content (AvgIpc) is 2.46. The lowest BCUT2D eigenvalue weighted by Gasteiger charge is -2.25. The molecule has 0 aliphatic carbocycles. The third-order valence-electron chi connectivity index (χ3n) is 3.63. The van der Waals surface area contributed by atoms with Crippen LogP contribution < -0.4 is 10.6 Å². The molecule has 2 heterocycles. The van der Waals surface area contributed by atoms with Gasteiger partial charge in [-0.25, -0.2) is 0 Å². The molecule has 0 radical (unpaired) electrons. The number of amides is 1. The zero-order chi connectivity index (χ0) is 14.8. The van der Waals surface area contributed by atoms with Crippen molar-refractivity contribution in [2.24, 2.45) is 0 Å². The molecule has 3 rings (SSSR count). The monoisotopic (exact) mass is 301 g/mol.